The van der Waals surface area contributed by atoms with Crippen LogP contribution in [0, 0.1) is 0 Å². The molecule has 0 radical (unpaired) electrons. The van der Waals surface area contributed by atoms with Gasteiger partial charge in [-0.1, -0.05) is 51.5 Å². The Morgan fingerprint density at radius 1 is 1.10 bits per heavy atom. The monoisotopic (exact) mass is 391 g/mol. The third kappa shape index (κ3) is 5.47. The minimum Gasteiger partial charge on any atom is -0.494 e. The Kier molecular flexibility index (Phi) is 7.06. The van der Waals surface area contributed by atoms with Crippen molar-refractivity contribution < 1.29 is 9.53 Å². The van der Waals surface area contributed by atoms with Crippen molar-refractivity contribution in [3.8, 4) is 17.0 Å². The number of aromatic nitrogens is 2. The first-order chi connectivity index (χ1) is 14.1. The zero-order valence-corrected chi connectivity index (χ0v) is 17.4. The topological polar surface area (TPSA) is 67.0 Å². The minimum absolute atomic E-state index is 0.148. The number of carbonyl (C=O) groups is 1. The SMILES string of the molecule is CCCCOc1ccc(-c2[nH]ncc2C(=O)NCc2ccc(C(C)C)cc2)cc1. The van der Waals surface area contributed by atoms with Gasteiger partial charge in [-0.2, -0.15) is 5.10 Å². The zero-order chi connectivity index (χ0) is 20.6. The van der Waals surface area contributed by atoms with Gasteiger partial charge in [-0.15, -0.1) is 0 Å². The Balaban J connectivity index is 1.63. The van der Waals surface area contributed by atoms with E-state index < -0.39 is 0 Å². The number of ether oxygens (including phenoxy) is 1. The number of hydrogen-bond donors (Lipinski definition) is 2. The molecule has 29 heavy (non-hydrogen) atoms. The van der Waals surface area contributed by atoms with Gasteiger partial charge in [-0.3, -0.25) is 9.89 Å². The molecule has 0 aliphatic heterocycles. The van der Waals surface area contributed by atoms with Crippen LogP contribution in [0.3, 0.4) is 0 Å². The number of H-pyrrole nitrogens is 1. The molecule has 0 saturated carbocycles. The summed E-state index contributed by atoms with van der Waals surface area (Å²) in [6.07, 6.45) is 3.71. The molecular weight excluding hydrogens is 362 g/mol. The largest absolute Gasteiger partial charge is 0.494 e. The van der Waals surface area contributed by atoms with Gasteiger partial charge < -0.3 is 10.1 Å². The van der Waals surface area contributed by atoms with Gasteiger partial charge in [0.15, 0.2) is 0 Å². The Bertz CT molecular complexity index is 912. The fraction of sp³-hybridized carbons (Fsp3) is 0.333. The first kappa shape index (κ1) is 20.6. The van der Waals surface area contributed by atoms with E-state index in [4.69, 9.17) is 4.74 Å². The lowest BCUT2D eigenvalue weighted by Crippen LogP contribution is -2.23. The van der Waals surface area contributed by atoms with Gasteiger partial charge in [-0.05, 0) is 47.7 Å². The number of carbonyl (C=O) groups excluding carboxylic acids is 1. The minimum atomic E-state index is -0.148. The van der Waals surface area contributed by atoms with E-state index in [0.717, 1.165) is 29.7 Å². The highest BCUT2D eigenvalue weighted by Crippen LogP contribution is 2.24. The van der Waals surface area contributed by atoms with Crippen molar-refractivity contribution in [1.29, 1.82) is 0 Å². The van der Waals surface area contributed by atoms with Crippen LogP contribution in [-0.4, -0.2) is 22.7 Å². The van der Waals surface area contributed by atoms with Crippen LogP contribution in [0.5, 0.6) is 5.75 Å². The van der Waals surface area contributed by atoms with Crippen molar-refractivity contribution in [2.75, 3.05) is 6.61 Å². The molecular formula is C24H29N3O2. The van der Waals surface area contributed by atoms with Gasteiger partial charge in [0, 0.05) is 12.1 Å². The molecule has 0 atom stereocenters. The van der Waals surface area contributed by atoms with Crippen LogP contribution in [-0.2, 0) is 6.54 Å². The molecule has 0 aliphatic carbocycles. The van der Waals surface area contributed by atoms with Crippen LogP contribution in [0.25, 0.3) is 11.3 Å². The number of aromatic amines is 1. The van der Waals surface area contributed by atoms with E-state index in [1.54, 1.807) is 6.20 Å². The van der Waals surface area contributed by atoms with Crippen LogP contribution in [0.15, 0.2) is 54.7 Å². The predicted octanol–water partition coefficient (Wildman–Crippen LogP) is 5.31. The fourth-order valence-corrected chi connectivity index (χ4v) is 3.03. The lowest BCUT2D eigenvalue weighted by Gasteiger charge is -2.09. The molecule has 5 nitrogen and oxygen atoms in total. The number of nitrogens with zero attached hydrogens (tertiary/aromatic N) is 1. The maximum atomic E-state index is 12.7. The highest BCUT2D eigenvalue weighted by Gasteiger charge is 2.15. The molecule has 0 unspecified atom stereocenters. The van der Waals surface area contributed by atoms with Gasteiger partial charge in [-0.25, -0.2) is 0 Å². The van der Waals surface area contributed by atoms with Gasteiger partial charge in [0.05, 0.1) is 24.1 Å². The third-order valence-corrected chi connectivity index (χ3v) is 4.89. The third-order valence-electron chi connectivity index (χ3n) is 4.89. The lowest BCUT2D eigenvalue weighted by molar-refractivity contribution is 0.0951. The molecule has 1 heterocycles. The number of unbranched alkanes of at least 4 members (excludes halogenated alkanes) is 1. The molecule has 152 valence electrons. The summed E-state index contributed by atoms with van der Waals surface area (Å²) < 4.78 is 5.70. The second kappa shape index (κ2) is 9.92. The highest BCUT2D eigenvalue weighted by molar-refractivity contribution is 5.99. The Hall–Kier alpha value is -3.08. The summed E-state index contributed by atoms with van der Waals surface area (Å²) in [7, 11) is 0. The number of benzene rings is 2. The van der Waals surface area contributed by atoms with Gasteiger partial charge >= 0.3 is 0 Å². The smallest absolute Gasteiger partial charge is 0.255 e. The quantitative estimate of drug-likeness (QED) is 0.486. The van der Waals surface area contributed by atoms with Crippen molar-refractivity contribution in [3.63, 3.8) is 0 Å². The highest BCUT2D eigenvalue weighted by atomic mass is 16.5. The van der Waals surface area contributed by atoms with Crippen molar-refractivity contribution in [1.82, 2.24) is 15.5 Å². The fourth-order valence-electron chi connectivity index (χ4n) is 3.03. The summed E-state index contributed by atoms with van der Waals surface area (Å²) in [5.74, 6) is 1.18. The summed E-state index contributed by atoms with van der Waals surface area (Å²) in [5.41, 5.74) is 4.50. The van der Waals surface area contributed by atoms with Crippen LogP contribution in [0.2, 0.25) is 0 Å². The summed E-state index contributed by atoms with van der Waals surface area (Å²) >= 11 is 0. The van der Waals surface area contributed by atoms with Gasteiger partial charge in [0.1, 0.15) is 5.75 Å². The Labute approximate surface area is 172 Å². The maximum Gasteiger partial charge on any atom is 0.255 e. The maximum absolute atomic E-state index is 12.7. The lowest BCUT2D eigenvalue weighted by atomic mass is 10.0. The van der Waals surface area contributed by atoms with E-state index in [0.29, 0.717) is 30.3 Å². The van der Waals surface area contributed by atoms with Gasteiger partial charge in [0.2, 0.25) is 0 Å². The standard InChI is InChI=1S/C24H29N3O2/c1-4-5-14-29-21-12-10-20(11-13-21)23-22(16-26-27-23)24(28)25-15-18-6-8-19(9-7-18)17(2)3/h6-13,16-17H,4-5,14-15H2,1-3H3,(H,25,28)(H,26,27). The summed E-state index contributed by atoms with van der Waals surface area (Å²) in [6, 6.07) is 16.1. The van der Waals surface area contributed by atoms with E-state index in [9.17, 15) is 4.79 Å². The first-order valence-corrected chi connectivity index (χ1v) is 10.2. The van der Waals surface area contributed by atoms with Gasteiger partial charge in [0.25, 0.3) is 5.91 Å². The van der Waals surface area contributed by atoms with E-state index in [1.807, 2.05) is 24.3 Å². The van der Waals surface area contributed by atoms with E-state index >= 15 is 0 Å². The van der Waals surface area contributed by atoms with E-state index in [2.05, 4.69) is 60.6 Å². The normalized spacial score (nSPS) is 10.9. The van der Waals surface area contributed by atoms with E-state index in [1.165, 1.54) is 5.56 Å². The zero-order valence-electron chi connectivity index (χ0n) is 17.4. The van der Waals surface area contributed by atoms with Crippen LogP contribution in [0.1, 0.15) is 61.0 Å². The number of rotatable bonds is 9. The number of amides is 1. The molecule has 3 aromatic rings. The average molecular weight is 392 g/mol. The predicted molar refractivity (Wildman–Crippen MR) is 116 cm³/mol. The second-order valence-corrected chi connectivity index (χ2v) is 7.46. The summed E-state index contributed by atoms with van der Waals surface area (Å²) in [6.45, 7) is 7.66. The van der Waals surface area contributed by atoms with Crippen LogP contribution in [0.4, 0.5) is 0 Å². The molecule has 1 aromatic heterocycles. The molecule has 0 saturated heterocycles. The molecule has 2 N–H and O–H groups in total. The Morgan fingerprint density at radius 3 is 2.48 bits per heavy atom. The molecule has 0 spiro atoms. The van der Waals surface area contributed by atoms with Crippen molar-refractivity contribution in [3.05, 3.63) is 71.4 Å². The molecule has 5 heteroatoms. The molecule has 0 fully saturated rings. The second-order valence-electron chi connectivity index (χ2n) is 7.46. The van der Waals surface area contributed by atoms with Crippen LogP contribution < -0.4 is 10.1 Å². The molecule has 0 aliphatic rings. The first-order valence-electron chi connectivity index (χ1n) is 10.2. The number of hydrogen-bond acceptors (Lipinski definition) is 3. The number of nitrogens with one attached hydrogen (secondary N) is 2. The average Bonchev–Trinajstić information content (AvgIpc) is 3.23. The van der Waals surface area contributed by atoms with Crippen molar-refractivity contribution >= 4 is 5.91 Å². The molecule has 1 amide bonds. The van der Waals surface area contributed by atoms with E-state index in [-0.39, 0.29) is 5.91 Å². The summed E-state index contributed by atoms with van der Waals surface area (Å²) in [5, 5.41) is 10.00. The van der Waals surface area contributed by atoms with Crippen molar-refractivity contribution in [2.24, 2.45) is 0 Å². The molecule has 3 rings (SSSR count). The Morgan fingerprint density at radius 2 is 1.83 bits per heavy atom. The van der Waals surface area contributed by atoms with Crippen LogP contribution >= 0.6 is 0 Å². The molecule has 2 aromatic carbocycles. The van der Waals surface area contributed by atoms with Crippen molar-refractivity contribution in [2.45, 2.75) is 46.1 Å². The summed E-state index contributed by atoms with van der Waals surface area (Å²) in [4.78, 5) is 12.7. The molecule has 0 bridgehead atoms.